The predicted molar refractivity (Wildman–Crippen MR) is 52.6 cm³/mol. The summed E-state index contributed by atoms with van der Waals surface area (Å²) in [5.41, 5.74) is 1.16. The van der Waals surface area contributed by atoms with E-state index in [4.69, 9.17) is 0 Å². The number of carbonyl (C=O) groups is 1. The zero-order valence-electron chi connectivity index (χ0n) is 8.19. The van der Waals surface area contributed by atoms with E-state index in [-0.39, 0.29) is 5.97 Å². The lowest BCUT2D eigenvalue weighted by Gasteiger charge is -2.03. The first-order chi connectivity index (χ1) is 6.83. The zero-order chi connectivity index (χ0) is 10.2. The third-order valence-electron chi connectivity index (χ3n) is 1.81. The van der Waals surface area contributed by atoms with Crippen molar-refractivity contribution in [1.29, 1.82) is 0 Å². The van der Waals surface area contributed by atoms with Crippen molar-refractivity contribution in [2.24, 2.45) is 0 Å². The summed E-state index contributed by atoms with van der Waals surface area (Å²) in [4.78, 5) is 14.7. The minimum Gasteiger partial charge on any atom is -0.469 e. The molecule has 4 nitrogen and oxygen atoms in total. The SMILES string of the molecule is COC(=O)CCNCc1ccncc1. The van der Waals surface area contributed by atoms with Crippen LogP contribution in [0.2, 0.25) is 0 Å². The van der Waals surface area contributed by atoms with Gasteiger partial charge in [0.2, 0.25) is 0 Å². The predicted octanol–water partition coefficient (Wildman–Crippen LogP) is 0.734. The Morgan fingerprint density at radius 1 is 1.50 bits per heavy atom. The molecule has 1 N–H and O–H groups in total. The van der Waals surface area contributed by atoms with Gasteiger partial charge in [-0.3, -0.25) is 9.78 Å². The van der Waals surface area contributed by atoms with Gasteiger partial charge in [0.25, 0.3) is 0 Å². The molecule has 0 atom stereocenters. The van der Waals surface area contributed by atoms with Crippen LogP contribution in [0.5, 0.6) is 0 Å². The van der Waals surface area contributed by atoms with Crippen LogP contribution in [0.25, 0.3) is 0 Å². The van der Waals surface area contributed by atoms with Gasteiger partial charge < -0.3 is 10.1 Å². The summed E-state index contributed by atoms with van der Waals surface area (Å²) in [7, 11) is 1.39. The molecule has 0 aliphatic carbocycles. The number of hydrogen-bond acceptors (Lipinski definition) is 4. The molecular weight excluding hydrogens is 180 g/mol. The van der Waals surface area contributed by atoms with E-state index in [2.05, 4.69) is 15.0 Å². The number of pyridine rings is 1. The van der Waals surface area contributed by atoms with Crippen molar-refractivity contribution in [2.45, 2.75) is 13.0 Å². The van der Waals surface area contributed by atoms with Crippen molar-refractivity contribution < 1.29 is 9.53 Å². The molecule has 0 amide bonds. The molecule has 0 saturated heterocycles. The van der Waals surface area contributed by atoms with E-state index in [9.17, 15) is 4.79 Å². The van der Waals surface area contributed by atoms with Crippen molar-refractivity contribution in [3.63, 3.8) is 0 Å². The van der Waals surface area contributed by atoms with E-state index >= 15 is 0 Å². The van der Waals surface area contributed by atoms with Crippen LogP contribution in [0, 0.1) is 0 Å². The van der Waals surface area contributed by atoms with Crippen molar-refractivity contribution >= 4 is 5.97 Å². The lowest BCUT2D eigenvalue weighted by Crippen LogP contribution is -2.18. The van der Waals surface area contributed by atoms with Crippen LogP contribution >= 0.6 is 0 Å². The van der Waals surface area contributed by atoms with Gasteiger partial charge in [-0.05, 0) is 17.7 Å². The molecule has 0 bridgehead atoms. The van der Waals surface area contributed by atoms with Gasteiger partial charge in [-0.25, -0.2) is 0 Å². The second-order valence-electron chi connectivity index (χ2n) is 2.86. The third-order valence-corrected chi connectivity index (χ3v) is 1.81. The van der Waals surface area contributed by atoms with Gasteiger partial charge in [0.05, 0.1) is 13.5 Å². The Morgan fingerprint density at radius 2 is 2.21 bits per heavy atom. The average molecular weight is 194 g/mol. The third kappa shape index (κ3) is 4.00. The van der Waals surface area contributed by atoms with Gasteiger partial charge in [0, 0.05) is 25.5 Å². The Morgan fingerprint density at radius 3 is 2.86 bits per heavy atom. The molecule has 0 aliphatic heterocycles. The van der Waals surface area contributed by atoms with E-state index in [0.717, 1.165) is 12.1 Å². The van der Waals surface area contributed by atoms with Gasteiger partial charge in [0.15, 0.2) is 0 Å². The highest BCUT2D eigenvalue weighted by Gasteiger charge is 1.98. The maximum absolute atomic E-state index is 10.8. The molecule has 1 aromatic heterocycles. The quantitative estimate of drug-likeness (QED) is 0.554. The smallest absolute Gasteiger partial charge is 0.306 e. The summed E-state index contributed by atoms with van der Waals surface area (Å²) >= 11 is 0. The number of esters is 1. The Hall–Kier alpha value is -1.42. The normalized spacial score (nSPS) is 9.79. The molecule has 1 rings (SSSR count). The van der Waals surface area contributed by atoms with Gasteiger partial charge in [-0.15, -0.1) is 0 Å². The minimum absolute atomic E-state index is 0.188. The van der Waals surface area contributed by atoms with Crippen LogP contribution in [0.3, 0.4) is 0 Å². The van der Waals surface area contributed by atoms with Crippen molar-refractivity contribution in [1.82, 2.24) is 10.3 Å². The summed E-state index contributed by atoms with van der Waals surface area (Å²) in [6.07, 6.45) is 3.90. The second-order valence-corrected chi connectivity index (χ2v) is 2.86. The number of rotatable bonds is 5. The number of aromatic nitrogens is 1. The molecule has 1 heterocycles. The van der Waals surface area contributed by atoms with Gasteiger partial charge in [-0.1, -0.05) is 0 Å². The fourth-order valence-electron chi connectivity index (χ4n) is 1.03. The largest absolute Gasteiger partial charge is 0.469 e. The number of methoxy groups -OCH3 is 1. The zero-order valence-corrected chi connectivity index (χ0v) is 8.19. The fraction of sp³-hybridized carbons (Fsp3) is 0.400. The molecule has 0 saturated carbocycles. The van der Waals surface area contributed by atoms with Crippen molar-refractivity contribution in [2.75, 3.05) is 13.7 Å². The summed E-state index contributed by atoms with van der Waals surface area (Å²) in [6.45, 7) is 1.38. The van der Waals surface area contributed by atoms with E-state index < -0.39 is 0 Å². The highest BCUT2D eigenvalue weighted by atomic mass is 16.5. The minimum atomic E-state index is -0.188. The number of nitrogens with zero attached hydrogens (tertiary/aromatic N) is 1. The highest BCUT2D eigenvalue weighted by molar-refractivity contribution is 5.69. The first-order valence-corrected chi connectivity index (χ1v) is 4.49. The van der Waals surface area contributed by atoms with E-state index in [1.165, 1.54) is 7.11 Å². The van der Waals surface area contributed by atoms with Crippen LogP contribution in [0.1, 0.15) is 12.0 Å². The van der Waals surface area contributed by atoms with Crippen LogP contribution in [-0.2, 0) is 16.1 Å². The average Bonchev–Trinajstić information content (AvgIpc) is 2.25. The summed E-state index contributed by atoms with van der Waals surface area (Å²) in [5.74, 6) is -0.188. The molecule has 0 fully saturated rings. The van der Waals surface area contributed by atoms with E-state index in [1.807, 2.05) is 12.1 Å². The molecule has 0 spiro atoms. The number of hydrogen-bond donors (Lipinski definition) is 1. The maximum atomic E-state index is 10.8. The van der Waals surface area contributed by atoms with Gasteiger partial charge >= 0.3 is 5.97 Å². The van der Waals surface area contributed by atoms with E-state index in [0.29, 0.717) is 13.0 Å². The first kappa shape index (κ1) is 10.7. The van der Waals surface area contributed by atoms with Crippen LogP contribution in [-0.4, -0.2) is 24.6 Å². The van der Waals surface area contributed by atoms with E-state index in [1.54, 1.807) is 12.4 Å². The standard InChI is InChI=1S/C10H14N2O2/c1-14-10(13)4-7-12-8-9-2-5-11-6-3-9/h2-3,5-6,12H,4,7-8H2,1H3. The number of carbonyl (C=O) groups excluding carboxylic acids is 1. The molecule has 1 aromatic rings. The summed E-state index contributed by atoms with van der Waals surface area (Å²) in [5, 5.41) is 3.14. The van der Waals surface area contributed by atoms with Crippen LogP contribution in [0.15, 0.2) is 24.5 Å². The molecule has 0 aromatic carbocycles. The molecule has 0 aliphatic rings. The first-order valence-electron chi connectivity index (χ1n) is 4.49. The second kappa shape index (κ2) is 6.10. The molecule has 4 heteroatoms. The van der Waals surface area contributed by atoms with Crippen LogP contribution in [0.4, 0.5) is 0 Å². The Balaban J connectivity index is 2.13. The Labute approximate surface area is 83.3 Å². The topological polar surface area (TPSA) is 51.2 Å². The fourth-order valence-corrected chi connectivity index (χ4v) is 1.03. The van der Waals surface area contributed by atoms with Crippen molar-refractivity contribution in [3.05, 3.63) is 30.1 Å². The number of nitrogens with one attached hydrogen (secondary N) is 1. The molecule has 14 heavy (non-hydrogen) atoms. The van der Waals surface area contributed by atoms with Gasteiger partial charge in [-0.2, -0.15) is 0 Å². The van der Waals surface area contributed by atoms with Crippen LogP contribution < -0.4 is 5.32 Å². The monoisotopic (exact) mass is 194 g/mol. The summed E-state index contributed by atoms with van der Waals surface area (Å²) < 4.78 is 4.51. The van der Waals surface area contributed by atoms with Gasteiger partial charge in [0.1, 0.15) is 0 Å². The lowest BCUT2D eigenvalue weighted by atomic mass is 10.2. The molecule has 0 radical (unpaired) electrons. The lowest BCUT2D eigenvalue weighted by molar-refractivity contribution is -0.140. The Kier molecular flexibility index (Phi) is 4.64. The summed E-state index contributed by atoms with van der Waals surface area (Å²) in [6, 6.07) is 3.87. The molecule has 0 unspecified atom stereocenters. The Bertz CT molecular complexity index is 275. The maximum Gasteiger partial charge on any atom is 0.306 e. The number of ether oxygens (including phenoxy) is 1. The molecular formula is C10H14N2O2. The highest BCUT2D eigenvalue weighted by Crippen LogP contribution is 1.94. The molecule has 76 valence electrons. The van der Waals surface area contributed by atoms with Crippen molar-refractivity contribution in [3.8, 4) is 0 Å².